The van der Waals surface area contributed by atoms with Gasteiger partial charge in [0.05, 0.1) is 10.5 Å². The number of benzene rings is 2. The van der Waals surface area contributed by atoms with Crippen LogP contribution in [0.25, 0.3) is 0 Å². The van der Waals surface area contributed by atoms with Crippen molar-refractivity contribution < 1.29 is 26.4 Å². The van der Waals surface area contributed by atoms with Gasteiger partial charge in [0.2, 0.25) is 10.0 Å². The number of rotatable bonds is 7. The molecule has 0 aromatic heterocycles. The number of halogens is 3. The van der Waals surface area contributed by atoms with Crippen LogP contribution in [0.2, 0.25) is 0 Å². The van der Waals surface area contributed by atoms with Crippen molar-refractivity contribution in [2.45, 2.75) is 56.4 Å². The molecule has 0 radical (unpaired) electrons. The van der Waals surface area contributed by atoms with Gasteiger partial charge >= 0.3 is 6.18 Å². The van der Waals surface area contributed by atoms with E-state index in [9.17, 15) is 26.4 Å². The Labute approximate surface area is 198 Å². The molecule has 2 aromatic rings. The number of sulfonamides is 1. The molecule has 0 unspecified atom stereocenters. The minimum atomic E-state index is -4.37. The highest BCUT2D eigenvalue weighted by Crippen LogP contribution is 2.30. The van der Waals surface area contributed by atoms with Gasteiger partial charge in [-0.25, -0.2) is 8.42 Å². The van der Waals surface area contributed by atoms with E-state index >= 15 is 0 Å². The van der Waals surface area contributed by atoms with Gasteiger partial charge in [0, 0.05) is 44.3 Å². The summed E-state index contributed by atoms with van der Waals surface area (Å²) in [5.74, 6) is -0.347. The van der Waals surface area contributed by atoms with Gasteiger partial charge in [-0.1, -0.05) is 24.3 Å². The summed E-state index contributed by atoms with van der Waals surface area (Å²) in [6, 6.07) is 11.0. The molecule has 1 heterocycles. The maximum atomic E-state index is 12.9. The minimum Gasteiger partial charge on any atom is -0.349 e. The Kier molecular flexibility index (Phi) is 8.05. The summed E-state index contributed by atoms with van der Waals surface area (Å²) in [7, 11) is -2.20. The Hall–Kier alpha value is -2.43. The van der Waals surface area contributed by atoms with Gasteiger partial charge in [0.1, 0.15) is 0 Å². The molecule has 10 heteroatoms. The average molecular weight is 498 g/mol. The summed E-state index contributed by atoms with van der Waals surface area (Å²) in [6.07, 6.45) is -3.06. The largest absolute Gasteiger partial charge is 0.416 e. The van der Waals surface area contributed by atoms with Gasteiger partial charge in [-0.2, -0.15) is 17.5 Å². The van der Waals surface area contributed by atoms with Crippen molar-refractivity contribution >= 4 is 15.9 Å². The molecule has 1 aliphatic heterocycles. The predicted molar refractivity (Wildman–Crippen MR) is 124 cm³/mol. The smallest absolute Gasteiger partial charge is 0.349 e. The zero-order valence-electron chi connectivity index (χ0n) is 19.5. The number of hydrogen-bond donors (Lipinski definition) is 1. The Morgan fingerprint density at radius 1 is 1.12 bits per heavy atom. The quantitative estimate of drug-likeness (QED) is 0.625. The molecule has 1 N–H and O–H groups in total. The van der Waals surface area contributed by atoms with Crippen LogP contribution < -0.4 is 5.32 Å². The monoisotopic (exact) mass is 497 g/mol. The van der Waals surface area contributed by atoms with Gasteiger partial charge < -0.3 is 5.32 Å². The van der Waals surface area contributed by atoms with Gasteiger partial charge in [0.25, 0.3) is 5.91 Å². The summed E-state index contributed by atoms with van der Waals surface area (Å²) < 4.78 is 65.5. The number of carbonyl (C=O) groups is 1. The molecule has 0 bridgehead atoms. The highest BCUT2D eigenvalue weighted by molar-refractivity contribution is 7.89. The lowest BCUT2D eigenvalue weighted by Gasteiger charge is -2.32. The molecular weight excluding hydrogens is 467 g/mol. The lowest BCUT2D eigenvalue weighted by molar-refractivity contribution is -0.137. The highest BCUT2D eigenvalue weighted by atomic mass is 32.2. The first-order valence-electron chi connectivity index (χ1n) is 11.2. The number of amides is 1. The first-order chi connectivity index (χ1) is 15.9. The number of alkyl halides is 3. The van der Waals surface area contributed by atoms with E-state index in [1.807, 2.05) is 0 Å². The van der Waals surface area contributed by atoms with Crippen LogP contribution in [0.5, 0.6) is 0 Å². The van der Waals surface area contributed by atoms with E-state index in [4.69, 9.17) is 0 Å². The van der Waals surface area contributed by atoms with Gasteiger partial charge in [0.15, 0.2) is 0 Å². The number of likely N-dealkylation sites (tertiary alicyclic amines) is 1. The van der Waals surface area contributed by atoms with Crippen molar-refractivity contribution in [3.05, 3.63) is 65.2 Å². The lowest BCUT2D eigenvalue weighted by atomic mass is 10.0. The van der Waals surface area contributed by atoms with Crippen LogP contribution in [-0.2, 0) is 22.7 Å². The fraction of sp³-hybridized carbons (Fsp3) is 0.458. The molecule has 1 saturated heterocycles. The molecule has 3 rings (SSSR count). The van der Waals surface area contributed by atoms with Crippen molar-refractivity contribution in [3.8, 4) is 0 Å². The second kappa shape index (κ2) is 10.5. The number of nitrogens with zero attached hydrogens (tertiary/aromatic N) is 2. The van der Waals surface area contributed by atoms with Crippen molar-refractivity contribution in [3.63, 3.8) is 0 Å². The van der Waals surface area contributed by atoms with E-state index in [-0.39, 0.29) is 28.4 Å². The van der Waals surface area contributed by atoms with Crippen LogP contribution in [-0.4, -0.2) is 55.8 Å². The van der Waals surface area contributed by atoms with Gasteiger partial charge in [-0.15, -0.1) is 0 Å². The number of carbonyl (C=O) groups excluding carboxylic acids is 1. The molecule has 1 aliphatic rings. The van der Waals surface area contributed by atoms with Crippen molar-refractivity contribution in [2.75, 3.05) is 20.1 Å². The highest BCUT2D eigenvalue weighted by Gasteiger charge is 2.31. The fourth-order valence-electron chi connectivity index (χ4n) is 3.85. The van der Waals surface area contributed by atoms with Crippen LogP contribution in [0.3, 0.4) is 0 Å². The molecule has 6 nitrogen and oxygen atoms in total. The molecule has 2 aromatic carbocycles. The van der Waals surface area contributed by atoms with Crippen molar-refractivity contribution in [2.24, 2.45) is 0 Å². The molecular formula is C24H30F3N3O3S. The van der Waals surface area contributed by atoms with E-state index in [0.717, 1.165) is 6.07 Å². The fourth-order valence-corrected chi connectivity index (χ4v) is 5.26. The summed E-state index contributed by atoms with van der Waals surface area (Å²) >= 11 is 0. The summed E-state index contributed by atoms with van der Waals surface area (Å²) in [4.78, 5) is 14.9. The Morgan fingerprint density at radius 2 is 1.76 bits per heavy atom. The molecule has 0 atom stereocenters. The van der Waals surface area contributed by atoms with E-state index in [0.29, 0.717) is 38.0 Å². The van der Waals surface area contributed by atoms with Crippen LogP contribution >= 0.6 is 0 Å². The average Bonchev–Trinajstić information content (AvgIpc) is 2.79. The second-order valence-electron chi connectivity index (χ2n) is 8.86. The molecule has 1 amide bonds. The first-order valence-corrected chi connectivity index (χ1v) is 12.6. The molecule has 0 aliphatic carbocycles. The van der Waals surface area contributed by atoms with Crippen LogP contribution in [0.4, 0.5) is 13.2 Å². The maximum Gasteiger partial charge on any atom is 0.416 e. The SMILES string of the molecule is CC(C)N(C)S(=O)(=O)c1cccc(C(=O)NC2CCN(Cc3cccc(C(F)(F)F)c3)CC2)c1. The molecule has 0 spiro atoms. The van der Waals surface area contributed by atoms with Crippen molar-refractivity contribution in [1.82, 2.24) is 14.5 Å². The Morgan fingerprint density at radius 3 is 2.38 bits per heavy atom. The lowest BCUT2D eigenvalue weighted by Crippen LogP contribution is -2.44. The zero-order chi connectivity index (χ0) is 25.1. The molecule has 34 heavy (non-hydrogen) atoms. The molecule has 1 fully saturated rings. The van der Waals surface area contributed by atoms with E-state index < -0.39 is 21.8 Å². The number of hydrogen-bond acceptors (Lipinski definition) is 4. The third-order valence-corrected chi connectivity index (χ3v) is 8.11. The summed E-state index contributed by atoms with van der Waals surface area (Å²) in [5, 5.41) is 2.96. The van der Waals surface area contributed by atoms with E-state index in [1.165, 1.54) is 35.6 Å². The van der Waals surface area contributed by atoms with E-state index in [1.54, 1.807) is 32.0 Å². The summed E-state index contributed by atoms with van der Waals surface area (Å²) in [6.45, 7) is 5.22. The third kappa shape index (κ3) is 6.37. The molecule has 186 valence electrons. The number of piperidine rings is 1. The summed E-state index contributed by atoms with van der Waals surface area (Å²) in [5.41, 5.74) is 0.210. The maximum absolute atomic E-state index is 12.9. The van der Waals surface area contributed by atoms with Crippen LogP contribution in [0, 0.1) is 0 Å². The zero-order valence-corrected chi connectivity index (χ0v) is 20.3. The normalized spacial score (nSPS) is 16.2. The van der Waals surface area contributed by atoms with Crippen LogP contribution in [0.15, 0.2) is 53.4 Å². The Balaban J connectivity index is 1.57. The van der Waals surface area contributed by atoms with Crippen LogP contribution in [0.1, 0.15) is 48.2 Å². The standard InChI is InChI=1S/C24H30F3N3O3S/c1-17(2)29(3)34(32,33)22-9-5-7-19(15-22)23(31)28-21-10-12-30(13-11-21)16-18-6-4-8-20(14-18)24(25,26)27/h4-9,14-15,17,21H,10-13,16H2,1-3H3,(H,28,31). The van der Waals surface area contributed by atoms with E-state index in [2.05, 4.69) is 10.2 Å². The Bertz CT molecular complexity index is 1110. The molecule has 0 saturated carbocycles. The van der Waals surface area contributed by atoms with Gasteiger partial charge in [-0.3, -0.25) is 9.69 Å². The topological polar surface area (TPSA) is 69.7 Å². The first kappa shape index (κ1) is 26.2. The van der Waals surface area contributed by atoms with Crippen molar-refractivity contribution in [1.29, 1.82) is 0 Å². The second-order valence-corrected chi connectivity index (χ2v) is 10.9. The minimum absolute atomic E-state index is 0.0623. The number of nitrogens with one attached hydrogen (secondary N) is 1. The predicted octanol–water partition coefficient (Wildman–Crippen LogP) is 4.13. The third-order valence-electron chi connectivity index (χ3n) is 6.08. The van der Waals surface area contributed by atoms with Gasteiger partial charge in [-0.05, 0) is 56.5 Å².